The first-order valence-electron chi connectivity index (χ1n) is 10.9. The topological polar surface area (TPSA) is 78.0 Å². The lowest BCUT2D eigenvalue weighted by molar-refractivity contribution is -0.114. The van der Waals surface area contributed by atoms with Crippen molar-refractivity contribution in [3.63, 3.8) is 0 Å². The number of rotatable bonds is 9. The molecule has 1 amide bonds. The molecule has 0 aromatic heterocycles. The van der Waals surface area contributed by atoms with Crippen molar-refractivity contribution < 1.29 is 9.53 Å². The molecule has 7 nitrogen and oxygen atoms in total. The molecule has 1 heterocycles. The Kier molecular flexibility index (Phi) is 11.3. The summed E-state index contributed by atoms with van der Waals surface area (Å²) >= 11 is 0. The van der Waals surface area contributed by atoms with Crippen LogP contribution >= 0.6 is 24.0 Å². The molecule has 1 aliphatic heterocycles. The predicted octanol–water partition coefficient (Wildman–Crippen LogP) is 3.47. The number of carbonyl (C=O) groups is 1. The van der Waals surface area contributed by atoms with Gasteiger partial charge in [-0.2, -0.15) is 0 Å². The van der Waals surface area contributed by atoms with Gasteiger partial charge in [0, 0.05) is 44.9 Å². The highest BCUT2D eigenvalue weighted by atomic mass is 127. The summed E-state index contributed by atoms with van der Waals surface area (Å²) in [6.07, 6.45) is 2.43. The van der Waals surface area contributed by atoms with Gasteiger partial charge in [-0.05, 0) is 37.1 Å². The van der Waals surface area contributed by atoms with Crippen LogP contribution in [0.5, 0.6) is 5.75 Å². The second-order valence-corrected chi connectivity index (χ2v) is 7.69. The number of likely N-dealkylation sites (tertiary alicyclic amines) is 1. The normalized spacial score (nSPS) is 16.2. The molecule has 1 fully saturated rings. The first-order chi connectivity index (χ1) is 15.1. The summed E-state index contributed by atoms with van der Waals surface area (Å²) in [4.78, 5) is 18.0. The highest BCUT2D eigenvalue weighted by molar-refractivity contribution is 14.0. The molecule has 32 heavy (non-hydrogen) atoms. The number of benzene rings is 2. The highest BCUT2D eigenvalue weighted by Gasteiger charge is 2.24. The third kappa shape index (κ3) is 8.66. The van der Waals surface area contributed by atoms with Gasteiger partial charge in [-0.1, -0.05) is 36.4 Å². The molecule has 0 aliphatic carbocycles. The Balaban J connectivity index is 0.00000363. The fourth-order valence-electron chi connectivity index (χ4n) is 3.79. The molecule has 3 rings (SSSR count). The van der Waals surface area contributed by atoms with E-state index in [1.54, 1.807) is 7.05 Å². The third-order valence-electron chi connectivity index (χ3n) is 5.27. The lowest BCUT2D eigenvalue weighted by Crippen LogP contribution is -2.45. The average molecular weight is 551 g/mol. The standard InChI is InChI=1S/C24H33N5O2.HI/c1-19(30)28-21-10-6-12-23(16-21)31-15-13-26-24(25-2)27-17-22-11-7-14-29(22)18-20-8-4-3-5-9-20;/h3-6,8-10,12,16,22H,7,11,13-15,17-18H2,1-2H3,(H,28,30)(H2,25,26,27);1H. The predicted molar refractivity (Wildman–Crippen MR) is 141 cm³/mol. The number of guanidine groups is 1. The number of halogens is 1. The molecule has 174 valence electrons. The Bertz CT molecular complexity index is 862. The molecule has 0 radical (unpaired) electrons. The number of aliphatic imine (C=N–C) groups is 1. The summed E-state index contributed by atoms with van der Waals surface area (Å²) in [5, 5.41) is 9.51. The summed E-state index contributed by atoms with van der Waals surface area (Å²) in [6.45, 7) is 5.61. The van der Waals surface area contributed by atoms with E-state index in [0.29, 0.717) is 19.2 Å². The second kappa shape index (κ2) is 13.9. The summed E-state index contributed by atoms with van der Waals surface area (Å²) in [5.74, 6) is 1.40. The molecule has 1 saturated heterocycles. The smallest absolute Gasteiger partial charge is 0.221 e. The van der Waals surface area contributed by atoms with Crippen LogP contribution in [0, 0.1) is 0 Å². The number of ether oxygens (including phenoxy) is 1. The Labute approximate surface area is 208 Å². The minimum atomic E-state index is -0.0988. The van der Waals surface area contributed by atoms with Crippen LogP contribution in [0.2, 0.25) is 0 Å². The summed E-state index contributed by atoms with van der Waals surface area (Å²) in [6, 6.07) is 18.5. The van der Waals surface area contributed by atoms with Gasteiger partial charge in [0.15, 0.2) is 5.96 Å². The van der Waals surface area contributed by atoms with Gasteiger partial charge in [-0.15, -0.1) is 24.0 Å². The maximum atomic E-state index is 11.2. The van der Waals surface area contributed by atoms with E-state index < -0.39 is 0 Å². The quantitative estimate of drug-likeness (QED) is 0.193. The van der Waals surface area contributed by atoms with Crippen LogP contribution in [0.4, 0.5) is 5.69 Å². The largest absolute Gasteiger partial charge is 0.492 e. The molecule has 1 unspecified atom stereocenters. The van der Waals surface area contributed by atoms with Crippen molar-refractivity contribution in [1.29, 1.82) is 0 Å². The van der Waals surface area contributed by atoms with Gasteiger partial charge in [0.1, 0.15) is 12.4 Å². The van der Waals surface area contributed by atoms with Crippen molar-refractivity contribution in [2.24, 2.45) is 4.99 Å². The minimum absolute atomic E-state index is 0. The number of nitrogens with zero attached hydrogens (tertiary/aromatic N) is 2. The number of amides is 1. The molecule has 8 heteroatoms. The maximum Gasteiger partial charge on any atom is 0.221 e. The molecule has 0 spiro atoms. The van der Waals surface area contributed by atoms with E-state index in [2.05, 4.69) is 56.2 Å². The minimum Gasteiger partial charge on any atom is -0.492 e. The van der Waals surface area contributed by atoms with Gasteiger partial charge in [0.2, 0.25) is 5.91 Å². The molecule has 0 saturated carbocycles. The first kappa shape index (κ1) is 25.9. The number of hydrogen-bond donors (Lipinski definition) is 3. The number of carbonyl (C=O) groups excluding carboxylic acids is 1. The van der Waals surface area contributed by atoms with Crippen molar-refractivity contribution in [1.82, 2.24) is 15.5 Å². The van der Waals surface area contributed by atoms with E-state index in [1.807, 2.05) is 24.3 Å². The monoisotopic (exact) mass is 551 g/mol. The van der Waals surface area contributed by atoms with E-state index in [-0.39, 0.29) is 29.9 Å². The van der Waals surface area contributed by atoms with Gasteiger partial charge in [0.25, 0.3) is 0 Å². The second-order valence-electron chi connectivity index (χ2n) is 7.69. The summed E-state index contributed by atoms with van der Waals surface area (Å²) < 4.78 is 5.78. The van der Waals surface area contributed by atoms with Crippen LogP contribution in [0.15, 0.2) is 59.6 Å². The van der Waals surface area contributed by atoms with Crippen molar-refractivity contribution in [3.05, 3.63) is 60.2 Å². The van der Waals surface area contributed by atoms with Crippen molar-refractivity contribution >= 4 is 41.5 Å². The highest BCUT2D eigenvalue weighted by Crippen LogP contribution is 2.19. The Morgan fingerprint density at radius 1 is 1.16 bits per heavy atom. The number of hydrogen-bond acceptors (Lipinski definition) is 4. The maximum absolute atomic E-state index is 11.2. The Hall–Kier alpha value is -2.33. The molecule has 3 N–H and O–H groups in total. The first-order valence-corrected chi connectivity index (χ1v) is 10.9. The molecule has 2 aromatic rings. The zero-order valence-electron chi connectivity index (χ0n) is 18.8. The zero-order valence-corrected chi connectivity index (χ0v) is 21.2. The summed E-state index contributed by atoms with van der Waals surface area (Å²) in [5.41, 5.74) is 2.09. The summed E-state index contributed by atoms with van der Waals surface area (Å²) in [7, 11) is 1.78. The Morgan fingerprint density at radius 2 is 1.97 bits per heavy atom. The van der Waals surface area contributed by atoms with Crippen LogP contribution in [0.25, 0.3) is 0 Å². The van der Waals surface area contributed by atoms with Crippen LogP contribution in [0.3, 0.4) is 0 Å². The SMILES string of the molecule is CN=C(NCCOc1cccc(NC(C)=O)c1)NCC1CCCN1Cc1ccccc1.I. The van der Waals surface area contributed by atoms with Gasteiger partial charge in [0.05, 0.1) is 6.54 Å². The fraction of sp³-hybridized carbons (Fsp3) is 0.417. The molecule has 1 atom stereocenters. The van der Waals surface area contributed by atoms with Gasteiger partial charge >= 0.3 is 0 Å². The lowest BCUT2D eigenvalue weighted by atomic mass is 10.2. The van der Waals surface area contributed by atoms with Crippen molar-refractivity contribution in [2.45, 2.75) is 32.4 Å². The van der Waals surface area contributed by atoms with E-state index in [4.69, 9.17) is 4.74 Å². The molecule has 1 aliphatic rings. The van der Waals surface area contributed by atoms with Gasteiger partial charge < -0.3 is 20.7 Å². The van der Waals surface area contributed by atoms with E-state index in [9.17, 15) is 4.79 Å². The lowest BCUT2D eigenvalue weighted by Gasteiger charge is -2.25. The van der Waals surface area contributed by atoms with Crippen LogP contribution < -0.4 is 20.7 Å². The van der Waals surface area contributed by atoms with Crippen molar-refractivity contribution in [3.8, 4) is 5.75 Å². The van der Waals surface area contributed by atoms with E-state index in [1.165, 1.54) is 25.3 Å². The van der Waals surface area contributed by atoms with Crippen molar-refractivity contribution in [2.75, 3.05) is 38.6 Å². The van der Waals surface area contributed by atoms with Crippen LogP contribution in [-0.2, 0) is 11.3 Å². The number of anilines is 1. The number of nitrogens with one attached hydrogen (secondary N) is 3. The fourth-order valence-corrected chi connectivity index (χ4v) is 3.79. The molecular weight excluding hydrogens is 517 g/mol. The third-order valence-corrected chi connectivity index (χ3v) is 5.27. The van der Waals surface area contributed by atoms with E-state index in [0.717, 1.165) is 37.0 Å². The van der Waals surface area contributed by atoms with Gasteiger partial charge in [-0.3, -0.25) is 14.7 Å². The van der Waals surface area contributed by atoms with Crippen LogP contribution in [-0.4, -0.2) is 56.1 Å². The average Bonchev–Trinajstić information content (AvgIpc) is 3.20. The molecule has 2 aromatic carbocycles. The molecule has 0 bridgehead atoms. The van der Waals surface area contributed by atoms with Gasteiger partial charge in [-0.25, -0.2) is 0 Å². The van der Waals surface area contributed by atoms with Crippen LogP contribution in [0.1, 0.15) is 25.3 Å². The molecular formula is C24H34IN5O2. The Morgan fingerprint density at radius 3 is 2.72 bits per heavy atom. The zero-order chi connectivity index (χ0) is 21.9. The van der Waals surface area contributed by atoms with E-state index >= 15 is 0 Å².